The second-order valence-corrected chi connectivity index (χ2v) is 9.59. The van der Waals surface area contributed by atoms with Crippen molar-refractivity contribution in [1.29, 1.82) is 0 Å². The number of hydrogen-bond donors (Lipinski definition) is 1. The van der Waals surface area contributed by atoms with E-state index in [2.05, 4.69) is 5.32 Å². The Hall–Kier alpha value is -3.03. The number of anilines is 2. The molecular weight excluding hydrogens is 436 g/mol. The van der Waals surface area contributed by atoms with Gasteiger partial charge in [-0.05, 0) is 29.8 Å². The Kier molecular flexibility index (Phi) is 5.89. The van der Waals surface area contributed by atoms with E-state index in [0.29, 0.717) is 22.1 Å². The Morgan fingerprint density at radius 1 is 1.06 bits per heavy atom. The van der Waals surface area contributed by atoms with Gasteiger partial charge in [-0.15, -0.1) is 0 Å². The van der Waals surface area contributed by atoms with E-state index in [1.165, 1.54) is 10.4 Å². The number of carbonyl (C=O) groups excluding carboxylic acids is 1. The third-order valence-corrected chi connectivity index (χ3v) is 6.43. The van der Waals surface area contributed by atoms with E-state index >= 15 is 0 Å². The number of amides is 1. The van der Waals surface area contributed by atoms with Gasteiger partial charge in [-0.25, -0.2) is 8.42 Å². The Bertz CT molecular complexity index is 1220. The highest BCUT2D eigenvalue weighted by Crippen LogP contribution is 2.36. The summed E-state index contributed by atoms with van der Waals surface area (Å²) in [5.74, 6) is -0.0524. The molecule has 8 heteroatoms. The van der Waals surface area contributed by atoms with Gasteiger partial charge in [-0.2, -0.15) is 0 Å². The molecule has 4 rings (SSSR count). The molecule has 1 aliphatic rings. The molecule has 0 saturated heterocycles. The highest BCUT2D eigenvalue weighted by Gasteiger charge is 2.31. The average Bonchev–Trinajstić information content (AvgIpc) is 2.94. The second kappa shape index (κ2) is 8.61. The van der Waals surface area contributed by atoms with E-state index in [9.17, 15) is 13.2 Å². The zero-order valence-corrected chi connectivity index (χ0v) is 18.4. The number of hydrogen-bond acceptors (Lipinski definition) is 4. The SMILES string of the molecule is CS(=O)(=O)N1CC[C@H](C(=O)Nc2ccccc2-c2ccccc2)Oc2ccc(Cl)cc21. The fraction of sp³-hybridized carbons (Fsp3) is 0.174. The van der Waals surface area contributed by atoms with Crippen LogP contribution in [0, 0.1) is 0 Å². The quantitative estimate of drug-likeness (QED) is 0.624. The lowest BCUT2D eigenvalue weighted by Crippen LogP contribution is -2.36. The van der Waals surface area contributed by atoms with Gasteiger partial charge in [0.05, 0.1) is 11.9 Å². The van der Waals surface area contributed by atoms with Crippen LogP contribution >= 0.6 is 11.6 Å². The molecule has 1 N–H and O–H groups in total. The van der Waals surface area contributed by atoms with Gasteiger partial charge in [-0.3, -0.25) is 9.10 Å². The molecule has 160 valence electrons. The Morgan fingerprint density at radius 2 is 1.77 bits per heavy atom. The second-order valence-electron chi connectivity index (χ2n) is 7.24. The summed E-state index contributed by atoms with van der Waals surface area (Å²) in [6.07, 6.45) is 0.447. The van der Waals surface area contributed by atoms with Crippen molar-refractivity contribution >= 4 is 38.9 Å². The van der Waals surface area contributed by atoms with Crippen molar-refractivity contribution in [2.75, 3.05) is 22.4 Å². The minimum atomic E-state index is -3.57. The van der Waals surface area contributed by atoms with Gasteiger partial charge in [0.1, 0.15) is 5.75 Å². The molecule has 3 aromatic carbocycles. The number of halogens is 1. The Balaban J connectivity index is 1.62. The minimum Gasteiger partial charge on any atom is -0.478 e. The summed E-state index contributed by atoms with van der Waals surface area (Å²) < 4.78 is 31.8. The van der Waals surface area contributed by atoms with E-state index in [0.717, 1.165) is 17.4 Å². The summed E-state index contributed by atoms with van der Waals surface area (Å²) in [5, 5.41) is 3.33. The summed E-state index contributed by atoms with van der Waals surface area (Å²) in [7, 11) is -3.57. The van der Waals surface area contributed by atoms with Crippen molar-refractivity contribution in [3.8, 4) is 16.9 Å². The first-order valence-electron chi connectivity index (χ1n) is 9.72. The molecule has 1 amide bonds. The van der Waals surface area contributed by atoms with E-state index in [4.69, 9.17) is 16.3 Å². The zero-order valence-electron chi connectivity index (χ0n) is 16.8. The van der Waals surface area contributed by atoms with Crippen molar-refractivity contribution in [2.45, 2.75) is 12.5 Å². The van der Waals surface area contributed by atoms with Gasteiger partial charge in [-0.1, -0.05) is 60.1 Å². The number of rotatable bonds is 4. The van der Waals surface area contributed by atoms with Crippen LogP contribution in [0.1, 0.15) is 6.42 Å². The first-order chi connectivity index (χ1) is 14.8. The monoisotopic (exact) mass is 456 g/mol. The van der Waals surface area contributed by atoms with Crippen LogP contribution in [0.15, 0.2) is 72.8 Å². The van der Waals surface area contributed by atoms with E-state index in [1.807, 2.05) is 54.6 Å². The fourth-order valence-corrected chi connectivity index (χ4v) is 4.66. The molecule has 0 unspecified atom stereocenters. The van der Waals surface area contributed by atoms with E-state index < -0.39 is 16.1 Å². The number of nitrogens with zero attached hydrogens (tertiary/aromatic N) is 1. The van der Waals surface area contributed by atoms with Crippen LogP contribution in [-0.4, -0.2) is 33.2 Å². The summed E-state index contributed by atoms with van der Waals surface area (Å²) in [5.41, 5.74) is 2.84. The number of benzene rings is 3. The summed E-state index contributed by atoms with van der Waals surface area (Å²) in [6.45, 7) is 0.102. The third-order valence-electron chi connectivity index (χ3n) is 5.02. The number of fused-ring (bicyclic) bond motifs is 1. The molecule has 0 fully saturated rings. The van der Waals surface area contributed by atoms with Crippen LogP contribution in [-0.2, 0) is 14.8 Å². The highest BCUT2D eigenvalue weighted by atomic mass is 35.5. The van der Waals surface area contributed by atoms with Crippen LogP contribution < -0.4 is 14.4 Å². The third kappa shape index (κ3) is 4.68. The van der Waals surface area contributed by atoms with Crippen molar-refractivity contribution < 1.29 is 17.9 Å². The molecule has 0 saturated carbocycles. The maximum absolute atomic E-state index is 13.1. The predicted molar refractivity (Wildman–Crippen MR) is 123 cm³/mol. The van der Waals surface area contributed by atoms with Crippen molar-refractivity contribution in [1.82, 2.24) is 0 Å². The molecule has 1 aliphatic heterocycles. The molecular formula is C23H21ClN2O4S. The molecule has 1 heterocycles. The lowest BCUT2D eigenvalue weighted by molar-refractivity contribution is -0.122. The van der Waals surface area contributed by atoms with Gasteiger partial charge in [0.25, 0.3) is 5.91 Å². The Morgan fingerprint density at radius 3 is 2.52 bits per heavy atom. The number of para-hydroxylation sites is 1. The first-order valence-corrected chi connectivity index (χ1v) is 11.9. The van der Waals surface area contributed by atoms with Gasteiger partial charge < -0.3 is 10.1 Å². The summed E-state index contributed by atoms with van der Waals surface area (Å²) >= 11 is 6.07. The van der Waals surface area contributed by atoms with Gasteiger partial charge in [0.2, 0.25) is 10.0 Å². The molecule has 31 heavy (non-hydrogen) atoms. The van der Waals surface area contributed by atoms with Gasteiger partial charge >= 0.3 is 0 Å². The van der Waals surface area contributed by atoms with Crippen LogP contribution in [0.4, 0.5) is 11.4 Å². The smallest absolute Gasteiger partial charge is 0.265 e. The van der Waals surface area contributed by atoms with Crippen molar-refractivity contribution in [3.05, 3.63) is 77.8 Å². The minimum absolute atomic E-state index is 0.102. The predicted octanol–water partition coefficient (Wildman–Crippen LogP) is 4.56. The van der Waals surface area contributed by atoms with Crippen LogP contribution in [0.3, 0.4) is 0 Å². The first kappa shape index (κ1) is 21.2. The Labute approximate surface area is 186 Å². The van der Waals surface area contributed by atoms with Gasteiger partial charge in [0.15, 0.2) is 6.10 Å². The van der Waals surface area contributed by atoms with Crippen LogP contribution in [0.5, 0.6) is 5.75 Å². The number of sulfonamides is 1. The maximum Gasteiger partial charge on any atom is 0.265 e. The normalized spacial score (nSPS) is 16.1. The lowest BCUT2D eigenvalue weighted by Gasteiger charge is -2.21. The molecule has 0 radical (unpaired) electrons. The van der Waals surface area contributed by atoms with Crippen LogP contribution in [0.25, 0.3) is 11.1 Å². The average molecular weight is 457 g/mol. The lowest BCUT2D eigenvalue weighted by atomic mass is 10.0. The largest absolute Gasteiger partial charge is 0.478 e. The molecule has 1 atom stereocenters. The van der Waals surface area contributed by atoms with Gasteiger partial charge in [0, 0.05) is 29.2 Å². The number of ether oxygens (including phenoxy) is 1. The molecule has 0 aromatic heterocycles. The summed E-state index contributed by atoms with van der Waals surface area (Å²) in [4.78, 5) is 13.1. The highest BCUT2D eigenvalue weighted by molar-refractivity contribution is 7.92. The number of carbonyl (C=O) groups is 1. The molecule has 0 aliphatic carbocycles. The topological polar surface area (TPSA) is 75.7 Å². The molecule has 0 spiro atoms. The fourth-order valence-electron chi connectivity index (χ4n) is 3.56. The van der Waals surface area contributed by atoms with Crippen molar-refractivity contribution in [3.63, 3.8) is 0 Å². The summed E-state index contributed by atoms with van der Waals surface area (Å²) in [6, 6.07) is 22.0. The molecule has 3 aromatic rings. The van der Waals surface area contributed by atoms with E-state index in [-0.39, 0.29) is 18.9 Å². The van der Waals surface area contributed by atoms with E-state index in [1.54, 1.807) is 12.1 Å². The van der Waals surface area contributed by atoms with Crippen molar-refractivity contribution in [2.24, 2.45) is 0 Å². The number of nitrogens with one attached hydrogen (secondary N) is 1. The van der Waals surface area contributed by atoms with Crippen LogP contribution in [0.2, 0.25) is 5.02 Å². The standard InChI is InChI=1S/C23H21ClN2O4S/c1-31(28,29)26-14-13-22(30-21-12-11-17(24)15-20(21)26)23(27)25-19-10-6-5-9-18(19)16-7-3-2-4-8-16/h2-12,15,22H,13-14H2,1H3,(H,25,27)/t22-/m1/s1. The molecule has 6 nitrogen and oxygen atoms in total. The maximum atomic E-state index is 13.1. The zero-order chi connectivity index (χ0) is 22.0. The molecule has 0 bridgehead atoms.